The van der Waals surface area contributed by atoms with Crippen molar-refractivity contribution in [3.63, 3.8) is 0 Å². The number of ether oxygens (including phenoxy) is 1. The predicted molar refractivity (Wildman–Crippen MR) is 66.4 cm³/mol. The summed E-state index contributed by atoms with van der Waals surface area (Å²) in [7, 11) is 0. The standard InChI is InChI=1S/C14H26O2/c1-12(2,3)9-16-10-14(7-8-14)11(15)13(4,5)6/h7-10H2,1-6H3. The van der Waals surface area contributed by atoms with E-state index in [0.717, 1.165) is 19.4 Å². The highest BCUT2D eigenvalue weighted by Crippen LogP contribution is 2.50. The van der Waals surface area contributed by atoms with Gasteiger partial charge in [-0.05, 0) is 18.3 Å². The van der Waals surface area contributed by atoms with Gasteiger partial charge in [-0.2, -0.15) is 0 Å². The zero-order valence-corrected chi connectivity index (χ0v) is 11.6. The molecular formula is C14H26O2. The van der Waals surface area contributed by atoms with Crippen LogP contribution in [0.3, 0.4) is 0 Å². The summed E-state index contributed by atoms with van der Waals surface area (Å²) in [4.78, 5) is 12.2. The Bertz CT molecular complexity index is 261. The number of Topliss-reactive ketones (excluding diaryl/α,β-unsaturated/α-hetero) is 1. The molecule has 1 saturated carbocycles. The van der Waals surface area contributed by atoms with Crippen molar-refractivity contribution in [2.45, 2.75) is 54.4 Å². The lowest BCUT2D eigenvalue weighted by molar-refractivity contribution is -0.134. The second-order valence-electron chi connectivity index (χ2n) is 7.41. The summed E-state index contributed by atoms with van der Waals surface area (Å²) < 4.78 is 5.72. The maximum Gasteiger partial charge on any atom is 0.146 e. The van der Waals surface area contributed by atoms with E-state index in [4.69, 9.17) is 4.74 Å². The first-order valence-corrected chi connectivity index (χ1v) is 6.20. The van der Waals surface area contributed by atoms with Gasteiger partial charge in [-0.3, -0.25) is 4.79 Å². The molecule has 0 aromatic rings. The fourth-order valence-electron chi connectivity index (χ4n) is 1.94. The summed E-state index contributed by atoms with van der Waals surface area (Å²) in [5.74, 6) is 0.369. The van der Waals surface area contributed by atoms with Crippen molar-refractivity contribution in [3.05, 3.63) is 0 Å². The number of ketones is 1. The van der Waals surface area contributed by atoms with Gasteiger partial charge < -0.3 is 4.74 Å². The van der Waals surface area contributed by atoms with Gasteiger partial charge in [0.05, 0.1) is 18.6 Å². The third-order valence-electron chi connectivity index (χ3n) is 2.93. The lowest BCUT2D eigenvalue weighted by Crippen LogP contribution is -2.33. The molecular weight excluding hydrogens is 200 g/mol. The highest BCUT2D eigenvalue weighted by atomic mass is 16.5. The fraction of sp³-hybridized carbons (Fsp3) is 0.929. The van der Waals surface area contributed by atoms with Crippen LogP contribution in [0.15, 0.2) is 0 Å². The van der Waals surface area contributed by atoms with Crippen LogP contribution >= 0.6 is 0 Å². The van der Waals surface area contributed by atoms with Gasteiger partial charge in [0.15, 0.2) is 0 Å². The molecule has 0 bridgehead atoms. The van der Waals surface area contributed by atoms with Gasteiger partial charge in [-0.25, -0.2) is 0 Å². The predicted octanol–water partition coefficient (Wildman–Crippen LogP) is 3.44. The first kappa shape index (κ1) is 13.7. The van der Waals surface area contributed by atoms with Crippen molar-refractivity contribution in [2.24, 2.45) is 16.2 Å². The van der Waals surface area contributed by atoms with Crippen LogP contribution in [0.1, 0.15) is 54.4 Å². The summed E-state index contributed by atoms with van der Waals surface area (Å²) in [6.45, 7) is 13.8. The first-order chi connectivity index (χ1) is 7.07. The molecule has 0 radical (unpaired) electrons. The molecule has 1 aliphatic rings. The van der Waals surface area contributed by atoms with Crippen molar-refractivity contribution in [1.29, 1.82) is 0 Å². The van der Waals surface area contributed by atoms with Crippen LogP contribution in [0, 0.1) is 16.2 Å². The Morgan fingerprint density at radius 2 is 1.62 bits per heavy atom. The molecule has 0 spiro atoms. The highest BCUT2D eigenvalue weighted by molar-refractivity contribution is 5.91. The van der Waals surface area contributed by atoms with E-state index in [1.807, 2.05) is 20.8 Å². The van der Waals surface area contributed by atoms with Gasteiger partial charge in [0.25, 0.3) is 0 Å². The van der Waals surface area contributed by atoms with Crippen LogP contribution in [0.2, 0.25) is 0 Å². The van der Waals surface area contributed by atoms with E-state index in [1.54, 1.807) is 0 Å². The monoisotopic (exact) mass is 226 g/mol. The molecule has 0 unspecified atom stereocenters. The third-order valence-corrected chi connectivity index (χ3v) is 2.93. The van der Waals surface area contributed by atoms with E-state index < -0.39 is 0 Å². The van der Waals surface area contributed by atoms with Gasteiger partial charge in [0, 0.05) is 5.41 Å². The van der Waals surface area contributed by atoms with Gasteiger partial charge in [0.1, 0.15) is 5.78 Å². The molecule has 1 fully saturated rings. The lowest BCUT2D eigenvalue weighted by atomic mass is 9.81. The van der Waals surface area contributed by atoms with Gasteiger partial charge in [0.2, 0.25) is 0 Å². The van der Waals surface area contributed by atoms with Crippen LogP contribution < -0.4 is 0 Å². The van der Waals surface area contributed by atoms with Crippen LogP contribution in [-0.4, -0.2) is 19.0 Å². The Kier molecular flexibility index (Phi) is 3.54. The van der Waals surface area contributed by atoms with E-state index in [9.17, 15) is 4.79 Å². The van der Waals surface area contributed by atoms with Crippen LogP contribution in [0.5, 0.6) is 0 Å². The van der Waals surface area contributed by atoms with E-state index in [0.29, 0.717) is 12.4 Å². The maximum atomic E-state index is 12.2. The summed E-state index contributed by atoms with van der Waals surface area (Å²) in [6.07, 6.45) is 2.01. The second-order valence-corrected chi connectivity index (χ2v) is 7.41. The molecule has 2 nitrogen and oxygen atoms in total. The Morgan fingerprint density at radius 3 is 1.94 bits per heavy atom. The average molecular weight is 226 g/mol. The van der Waals surface area contributed by atoms with Gasteiger partial charge >= 0.3 is 0 Å². The molecule has 0 saturated heterocycles. The van der Waals surface area contributed by atoms with Crippen molar-refractivity contribution < 1.29 is 9.53 Å². The summed E-state index contributed by atoms with van der Waals surface area (Å²) in [5, 5.41) is 0. The van der Waals surface area contributed by atoms with E-state index >= 15 is 0 Å². The summed E-state index contributed by atoms with van der Waals surface area (Å²) in [6, 6.07) is 0. The first-order valence-electron chi connectivity index (χ1n) is 6.20. The normalized spacial score (nSPS) is 19.6. The van der Waals surface area contributed by atoms with E-state index in [2.05, 4.69) is 20.8 Å². The number of rotatable bonds is 4. The minimum Gasteiger partial charge on any atom is -0.380 e. The average Bonchev–Trinajstić information content (AvgIpc) is 2.80. The number of carbonyl (C=O) groups excluding carboxylic acids is 1. The fourth-order valence-corrected chi connectivity index (χ4v) is 1.94. The molecule has 0 atom stereocenters. The van der Waals surface area contributed by atoms with Crippen molar-refractivity contribution >= 4 is 5.78 Å². The van der Waals surface area contributed by atoms with E-state index in [1.165, 1.54) is 0 Å². The number of hydrogen-bond donors (Lipinski definition) is 0. The van der Waals surface area contributed by atoms with Gasteiger partial charge in [-0.1, -0.05) is 41.5 Å². The summed E-state index contributed by atoms with van der Waals surface area (Å²) >= 11 is 0. The quantitative estimate of drug-likeness (QED) is 0.734. The van der Waals surface area contributed by atoms with Crippen LogP contribution in [0.25, 0.3) is 0 Å². The largest absolute Gasteiger partial charge is 0.380 e. The van der Waals surface area contributed by atoms with Crippen molar-refractivity contribution in [1.82, 2.24) is 0 Å². The summed E-state index contributed by atoms with van der Waals surface area (Å²) in [5.41, 5.74) is -0.202. The molecule has 0 aliphatic heterocycles. The molecule has 2 heteroatoms. The molecule has 0 amide bonds. The molecule has 1 aliphatic carbocycles. The van der Waals surface area contributed by atoms with Crippen LogP contribution in [-0.2, 0) is 9.53 Å². The number of hydrogen-bond acceptors (Lipinski definition) is 2. The Morgan fingerprint density at radius 1 is 1.12 bits per heavy atom. The SMILES string of the molecule is CC(C)(C)COCC1(C(=O)C(C)(C)C)CC1. The second kappa shape index (κ2) is 4.14. The Balaban J connectivity index is 2.45. The molecule has 1 rings (SSSR count). The topological polar surface area (TPSA) is 26.3 Å². The Hall–Kier alpha value is -0.370. The molecule has 0 heterocycles. The lowest BCUT2D eigenvalue weighted by Gasteiger charge is -2.26. The molecule has 16 heavy (non-hydrogen) atoms. The van der Waals surface area contributed by atoms with Crippen molar-refractivity contribution in [2.75, 3.05) is 13.2 Å². The zero-order chi connectivity index (χ0) is 12.6. The Labute approximate surface area is 99.8 Å². The van der Waals surface area contributed by atoms with Crippen LogP contribution in [0.4, 0.5) is 0 Å². The smallest absolute Gasteiger partial charge is 0.146 e. The van der Waals surface area contributed by atoms with E-state index in [-0.39, 0.29) is 16.2 Å². The molecule has 0 aromatic heterocycles. The van der Waals surface area contributed by atoms with Gasteiger partial charge in [-0.15, -0.1) is 0 Å². The molecule has 94 valence electrons. The maximum absolute atomic E-state index is 12.2. The third kappa shape index (κ3) is 3.58. The molecule has 0 N–H and O–H groups in total. The molecule has 0 aromatic carbocycles. The number of carbonyl (C=O) groups is 1. The highest BCUT2D eigenvalue weighted by Gasteiger charge is 2.53. The zero-order valence-electron chi connectivity index (χ0n) is 11.6. The minimum absolute atomic E-state index is 0.149. The minimum atomic E-state index is -0.235. The van der Waals surface area contributed by atoms with Crippen molar-refractivity contribution in [3.8, 4) is 0 Å².